The van der Waals surface area contributed by atoms with Gasteiger partial charge in [0.1, 0.15) is 29.9 Å². The van der Waals surface area contributed by atoms with Crippen molar-refractivity contribution in [2.45, 2.75) is 49.9 Å². The fourth-order valence-corrected chi connectivity index (χ4v) is 4.46. The summed E-state index contributed by atoms with van der Waals surface area (Å²) in [4.78, 5) is 69.9. The predicted molar refractivity (Wildman–Crippen MR) is 160 cm³/mol. The topological polar surface area (TPSA) is 250 Å². The molecule has 2 aromatic rings. The van der Waals surface area contributed by atoms with Gasteiger partial charge >= 0.3 is 0 Å². The van der Waals surface area contributed by atoms with Crippen LogP contribution in [0.4, 0.5) is 0 Å². The van der Waals surface area contributed by atoms with Crippen molar-refractivity contribution >= 4 is 35.5 Å². The van der Waals surface area contributed by atoms with Gasteiger partial charge in [0.15, 0.2) is 5.96 Å². The lowest BCUT2D eigenvalue weighted by Gasteiger charge is -2.26. The quantitative estimate of drug-likeness (QED) is 0.0812. The molecule has 0 aliphatic carbocycles. The number of carbonyl (C=O) groups excluding carboxylic acids is 5. The number of amides is 5. The molecule has 2 aromatic carbocycles. The third-order valence-electron chi connectivity index (χ3n) is 6.76. The molecular weight excluding hydrogens is 572 g/mol. The molecule has 0 bridgehead atoms. The van der Waals surface area contributed by atoms with Crippen molar-refractivity contribution in [2.75, 3.05) is 19.7 Å². The molecule has 1 heterocycles. The molecule has 15 nitrogen and oxygen atoms in total. The Morgan fingerprint density at radius 2 is 1.27 bits per heavy atom. The van der Waals surface area contributed by atoms with E-state index in [1.807, 2.05) is 0 Å². The highest BCUT2D eigenvalue weighted by Crippen LogP contribution is 2.12. The van der Waals surface area contributed by atoms with Crippen molar-refractivity contribution < 1.29 is 34.2 Å². The zero-order valence-corrected chi connectivity index (χ0v) is 24.0. The van der Waals surface area contributed by atoms with E-state index in [9.17, 15) is 34.2 Å². The lowest BCUT2D eigenvalue weighted by molar-refractivity contribution is -0.134. The number of benzene rings is 2. The first-order chi connectivity index (χ1) is 21.0. The van der Waals surface area contributed by atoms with E-state index in [2.05, 4.69) is 31.6 Å². The molecule has 1 saturated heterocycles. The van der Waals surface area contributed by atoms with Crippen LogP contribution < -0.4 is 38.1 Å². The van der Waals surface area contributed by atoms with Gasteiger partial charge in [0, 0.05) is 19.4 Å². The minimum absolute atomic E-state index is 0.00984. The summed E-state index contributed by atoms with van der Waals surface area (Å²) >= 11 is 0. The molecule has 0 radical (unpaired) electrons. The number of aliphatic imine (C=N–C) groups is 1. The SMILES string of the molecule is NC(N)=NCCCC1NC(=O)C(Cc2ccc(O)cc2)NC(=O)CNC(=O)C(CO)NC(=O)C(Cc2ccccc2)NC1=O. The van der Waals surface area contributed by atoms with Crippen LogP contribution in [0.15, 0.2) is 59.6 Å². The number of hydrogen-bond acceptors (Lipinski definition) is 8. The van der Waals surface area contributed by atoms with E-state index in [-0.39, 0.29) is 43.9 Å². The van der Waals surface area contributed by atoms with Crippen LogP contribution in [-0.4, -0.2) is 89.6 Å². The number of aromatic hydroxyl groups is 1. The van der Waals surface area contributed by atoms with Crippen LogP contribution in [0.1, 0.15) is 24.0 Å². The van der Waals surface area contributed by atoms with Crippen LogP contribution in [-0.2, 0) is 36.8 Å². The molecular formula is C29H38N8O7. The number of guanidine groups is 1. The maximum absolute atomic E-state index is 13.6. The van der Waals surface area contributed by atoms with E-state index in [1.165, 1.54) is 12.1 Å². The normalized spacial score (nSPS) is 21.8. The first-order valence-corrected chi connectivity index (χ1v) is 14.0. The maximum atomic E-state index is 13.6. The van der Waals surface area contributed by atoms with E-state index in [1.54, 1.807) is 42.5 Å². The highest BCUT2D eigenvalue weighted by Gasteiger charge is 2.32. The van der Waals surface area contributed by atoms with E-state index in [4.69, 9.17) is 11.5 Å². The highest BCUT2D eigenvalue weighted by molar-refractivity contribution is 5.97. The fourth-order valence-electron chi connectivity index (χ4n) is 4.46. The zero-order valence-electron chi connectivity index (χ0n) is 24.0. The zero-order chi connectivity index (χ0) is 32.1. The summed E-state index contributed by atoms with van der Waals surface area (Å²) in [5.41, 5.74) is 12.1. The van der Waals surface area contributed by atoms with Gasteiger partial charge in [0.2, 0.25) is 29.5 Å². The molecule has 3 rings (SSSR count). The Morgan fingerprint density at radius 3 is 1.89 bits per heavy atom. The molecule has 236 valence electrons. The Labute approximate surface area is 253 Å². The second-order valence-corrected chi connectivity index (χ2v) is 10.2. The summed E-state index contributed by atoms with van der Waals surface area (Å²) in [6.45, 7) is -1.17. The average Bonchev–Trinajstić information content (AvgIpc) is 3.00. The van der Waals surface area contributed by atoms with Crippen LogP contribution in [0.3, 0.4) is 0 Å². The van der Waals surface area contributed by atoms with Gasteiger partial charge in [0.05, 0.1) is 13.2 Å². The Hall–Kier alpha value is -5.18. The largest absolute Gasteiger partial charge is 0.508 e. The summed E-state index contributed by atoms with van der Waals surface area (Å²) in [6.07, 6.45) is 0.388. The Bertz CT molecular complexity index is 1330. The molecule has 1 fully saturated rings. The van der Waals surface area contributed by atoms with Gasteiger partial charge in [-0.2, -0.15) is 0 Å². The van der Waals surface area contributed by atoms with Gasteiger partial charge in [0.25, 0.3) is 0 Å². The summed E-state index contributed by atoms with van der Waals surface area (Å²) in [5.74, 6) is -3.86. The lowest BCUT2D eigenvalue weighted by Crippen LogP contribution is -2.58. The van der Waals surface area contributed by atoms with Gasteiger partial charge in [-0.1, -0.05) is 42.5 Å². The van der Waals surface area contributed by atoms with E-state index >= 15 is 0 Å². The van der Waals surface area contributed by atoms with Crippen LogP contribution in [0.5, 0.6) is 5.75 Å². The highest BCUT2D eigenvalue weighted by atomic mass is 16.3. The standard InChI is InChI=1S/C29H38N8O7/c30-29(31)32-12-4-7-20-26(42)36-22(13-17-5-2-1-3-6-17)28(44)37-23(16-38)25(41)33-15-24(40)34-21(27(43)35-20)14-18-8-10-19(39)11-9-18/h1-3,5-6,8-11,20-23,38-39H,4,7,12-16H2,(H,33,41)(H,34,40)(H,35,43)(H,36,42)(H,37,44)(H4,30,31,32). The molecule has 44 heavy (non-hydrogen) atoms. The Kier molecular flexibility index (Phi) is 12.5. The second-order valence-electron chi connectivity index (χ2n) is 10.2. The summed E-state index contributed by atoms with van der Waals surface area (Å²) in [6, 6.07) is 9.85. The van der Waals surface area contributed by atoms with E-state index in [0.29, 0.717) is 11.1 Å². The number of aliphatic hydroxyl groups is 1. The van der Waals surface area contributed by atoms with Crippen molar-refractivity contribution in [1.82, 2.24) is 26.6 Å². The number of hydrogen-bond donors (Lipinski definition) is 9. The third-order valence-corrected chi connectivity index (χ3v) is 6.76. The van der Waals surface area contributed by atoms with Crippen LogP contribution >= 0.6 is 0 Å². The molecule has 15 heteroatoms. The number of phenols is 1. The Morgan fingerprint density at radius 1 is 0.727 bits per heavy atom. The monoisotopic (exact) mass is 610 g/mol. The molecule has 1 aliphatic heterocycles. The summed E-state index contributed by atoms with van der Waals surface area (Å²) in [7, 11) is 0. The maximum Gasteiger partial charge on any atom is 0.245 e. The lowest BCUT2D eigenvalue weighted by atomic mass is 10.0. The number of phenolic OH excluding ortho intramolecular Hbond substituents is 1. The minimum Gasteiger partial charge on any atom is -0.508 e. The number of rotatable bonds is 9. The first-order valence-electron chi connectivity index (χ1n) is 14.0. The molecule has 5 amide bonds. The van der Waals surface area contributed by atoms with Crippen LogP contribution in [0.25, 0.3) is 0 Å². The number of aliphatic hydroxyl groups excluding tert-OH is 1. The fraction of sp³-hybridized carbons (Fsp3) is 0.379. The van der Waals surface area contributed by atoms with Crippen molar-refractivity contribution in [3.8, 4) is 5.75 Å². The van der Waals surface area contributed by atoms with Crippen LogP contribution in [0, 0.1) is 0 Å². The number of nitrogens with two attached hydrogens (primary N) is 2. The van der Waals surface area contributed by atoms with Gasteiger partial charge in [-0.3, -0.25) is 29.0 Å². The molecule has 11 N–H and O–H groups in total. The third kappa shape index (κ3) is 10.6. The summed E-state index contributed by atoms with van der Waals surface area (Å²) in [5, 5.41) is 32.1. The second kappa shape index (κ2) is 16.5. The van der Waals surface area contributed by atoms with Crippen LogP contribution in [0.2, 0.25) is 0 Å². The molecule has 0 spiro atoms. The molecule has 0 aromatic heterocycles. The van der Waals surface area contributed by atoms with Gasteiger partial charge in [-0.05, 0) is 36.1 Å². The van der Waals surface area contributed by atoms with E-state index < -0.39 is 66.9 Å². The number of nitrogens with one attached hydrogen (secondary N) is 5. The number of nitrogens with zero attached hydrogens (tertiary/aromatic N) is 1. The van der Waals surface area contributed by atoms with Crippen molar-refractivity contribution in [2.24, 2.45) is 16.5 Å². The Balaban J connectivity index is 1.95. The minimum atomic E-state index is -1.42. The van der Waals surface area contributed by atoms with Gasteiger partial charge < -0.3 is 48.3 Å². The molecule has 4 atom stereocenters. The number of carbonyl (C=O) groups is 5. The van der Waals surface area contributed by atoms with Crippen molar-refractivity contribution in [3.05, 3.63) is 65.7 Å². The average molecular weight is 611 g/mol. The first kappa shape index (κ1) is 33.3. The smallest absolute Gasteiger partial charge is 0.245 e. The van der Waals surface area contributed by atoms with Crippen molar-refractivity contribution in [1.29, 1.82) is 0 Å². The van der Waals surface area contributed by atoms with E-state index in [0.717, 1.165) is 0 Å². The predicted octanol–water partition coefficient (Wildman–Crippen LogP) is -2.71. The summed E-state index contributed by atoms with van der Waals surface area (Å²) < 4.78 is 0. The molecule has 0 saturated carbocycles. The van der Waals surface area contributed by atoms with Gasteiger partial charge in [-0.25, -0.2) is 0 Å². The molecule has 4 unspecified atom stereocenters. The van der Waals surface area contributed by atoms with Gasteiger partial charge in [-0.15, -0.1) is 0 Å². The van der Waals surface area contributed by atoms with Crippen molar-refractivity contribution in [3.63, 3.8) is 0 Å². The molecule has 1 aliphatic rings.